The Balaban J connectivity index is 1.97. The molecule has 114 valence electrons. The highest BCUT2D eigenvalue weighted by molar-refractivity contribution is 9.10. The Morgan fingerprint density at radius 2 is 1.26 bits per heavy atom. The van der Waals surface area contributed by atoms with E-state index in [4.69, 9.17) is 0 Å². The highest BCUT2D eigenvalue weighted by Crippen LogP contribution is 2.33. The summed E-state index contributed by atoms with van der Waals surface area (Å²) in [6, 6.07) is 21.8. The van der Waals surface area contributed by atoms with E-state index in [2.05, 4.69) is 104 Å². The Kier molecular flexibility index (Phi) is 3.78. The second kappa shape index (κ2) is 5.81. The first-order chi connectivity index (χ1) is 11.1. The molecule has 0 bridgehead atoms. The van der Waals surface area contributed by atoms with Crippen molar-refractivity contribution in [1.82, 2.24) is 4.57 Å². The number of fused-ring (bicyclic) bond motifs is 3. The average molecular weight is 429 g/mol. The van der Waals surface area contributed by atoms with Gasteiger partial charge in [0.25, 0.3) is 0 Å². The SMILES string of the molecule is Cc1ccc(Cn2c3ccc(Br)cc3c3cc(Br)ccc32)cc1. The maximum absolute atomic E-state index is 3.60. The highest BCUT2D eigenvalue weighted by Gasteiger charge is 2.11. The van der Waals surface area contributed by atoms with E-state index in [1.54, 1.807) is 0 Å². The fraction of sp³-hybridized carbons (Fsp3) is 0.100. The van der Waals surface area contributed by atoms with E-state index in [0.29, 0.717) is 0 Å². The molecule has 1 aromatic heterocycles. The lowest BCUT2D eigenvalue weighted by Crippen LogP contribution is -1.99. The molecule has 1 heterocycles. The third kappa shape index (κ3) is 2.73. The van der Waals surface area contributed by atoms with Gasteiger partial charge < -0.3 is 4.57 Å². The lowest BCUT2D eigenvalue weighted by Gasteiger charge is -2.08. The molecule has 0 saturated carbocycles. The van der Waals surface area contributed by atoms with Crippen LogP contribution in [0.3, 0.4) is 0 Å². The van der Waals surface area contributed by atoms with Crippen molar-refractivity contribution in [3.8, 4) is 0 Å². The van der Waals surface area contributed by atoms with Crippen molar-refractivity contribution in [1.29, 1.82) is 0 Å². The van der Waals surface area contributed by atoms with Gasteiger partial charge in [-0.15, -0.1) is 0 Å². The van der Waals surface area contributed by atoms with E-state index >= 15 is 0 Å². The molecule has 0 aliphatic heterocycles. The molecule has 4 rings (SSSR count). The zero-order valence-corrected chi connectivity index (χ0v) is 15.9. The van der Waals surface area contributed by atoms with Gasteiger partial charge in [0.05, 0.1) is 0 Å². The molecule has 0 aliphatic carbocycles. The first-order valence-electron chi connectivity index (χ1n) is 7.54. The van der Waals surface area contributed by atoms with Crippen LogP contribution in [0.15, 0.2) is 69.6 Å². The monoisotopic (exact) mass is 427 g/mol. The minimum atomic E-state index is 0.879. The van der Waals surface area contributed by atoms with Gasteiger partial charge in [-0.05, 0) is 48.9 Å². The van der Waals surface area contributed by atoms with Crippen LogP contribution in [0, 0.1) is 6.92 Å². The number of halogens is 2. The standard InChI is InChI=1S/C20H15Br2N/c1-13-2-4-14(5-3-13)12-23-19-8-6-15(21)10-17(19)18-11-16(22)7-9-20(18)23/h2-11H,12H2,1H3. The molecule has 0 fully saturated rings. The minimum absolute atomic E-state index is 0.879. The van der Waals surface area contributed by atoms with Gasteiger partial charge >= 0.3 is 0 Å². The predicted octanol–water partition coefficient (Wildman–Crippen LogP) is 6.68. The third-order valence-corrected chi connectivity index (χ3v) is 5.24. The molecule has 0 N–H and O–H groups in total. The summed E-state index contributed by atoms with van der Waals surface area (Å²) in [6.45, 7) is 3.00. The zero-order chi connectivity index (χ0) is 16.0. The summed E-state index contributed by atoms with van der Waals surface area (Å²) < 4.78 is 4.62. The van der Waals surface area contributed by atoms with Crippen LogP contribution in [-0.2, 0) is 6.54 Å². The van der Waals surface area contributed by atoms with Gasteiger partial charge in [-0.1, -0.05) is 61.7 Å². The summed E-state index contributed by atoms with van der Waals surface area (Å²) in [7, 11) is 0. The molecule has 0 aliphatic rings. The molecule has 0 spiro atoms. The Morgan fingerprint density at radius 3 is 1.78 bits per heavy atom. The van der Waals surface area contributed by atoms with Crippen LogP contribution < -0.4 is 0 Å². The first kappa shape index (κ1) is 15.0. The van der Waals surface area contributed by atoms with Crippen LogP contribution in [-0.4, -0.2) is 4.57 Å². The molecule has 0 atom stereocenters. The molecule has 0 unspecified atom stereocenters. The third-order valence-electron chi connectivity index (χ3n) is 4.25. The van der Waals surface area contributed by atoms with Crippen LogP contribution in [0.4, 0.5) is 0 Å². The first-order valence-corrected chi connectivity index (χ1v) is 9.13. The van der Waals surface area contributed by atoms with E-state index in [0.717, 1.165) is 15.5 Å². The van der Waals surface area contributed by atoms with E-state index in [1.165, 1.54) is 32.9 Å². The summed E-state index contributed by atoms with van der Waals surface area (Å²) in [6.07, 6.45) is 0. The van der Waals surface area contributed by atoms with Gasteiger partial charge in [0.2, 0.25) is 0 Å². The normalized spacial score (nSPS) is 11.4. The number of aromatic nitrogens is 1. The molecule has 0 radical (unpaired) electrons. The molecule has 23 heavy (non-hydrogen) atoms. The van der Waals surface area contributed by atoms with Gasteiger partial charge in [-0.2, -0.15) is 0 Å². The summed E-state index contributed by atoms with van der Waals surface area (Å²) >= 11 is 7.20. The molecule has 3 aromatic carbocycles. The van der Waals surface area contributed by atoms with Crippen LogP contribution in [0.25, 0.3) is 21.8 Å². The molecule has 0 saturated heterocycles. The fourth-order valence-corrected chi connectivity index (χ4v) is 3.82. The Labute approximate surface area is 152 Å². The molecule has 0 amide bonds. The number of nitrogens with zero attached hydrogens (tertiary/aromatic N) is 1. The Morgan fingerprint density at radius 1 is 0.739 bits per heavy atom. The number of rotatable bonds is 2. The summed E-state index contributed by atoms with van der Waals surface area (Å²) in [5, 5.41) is 2.56. The van der Waals surface area contributed by atoms with Crippen molar-refractivity contribution in [2.24, 2.45) is 0 Å². The Bertz CT molecular complexity index is 954. The maximum Gasteiger partial charge on any atom is 0.0495 e. The Hall–Kier alpha value is -1.58. The van der Waals surface area contributed by atoms with Gasteiger partial charge in [0, 0.05) is 37.3 Å². The molecule has 3 heteroatoms. The summed E-state index contributed by atoms with van der Waals surface area (Å²) in [5.41, 5.74) is 5.15. The van der Waals surface area contributed by atoms with E-state index in [9.17, 15) is 0 Å². The second-order valence-corrected chi connectivity index (χ2v) is 7.73. The van der Waals surface area contributed by atoms with Gasteiger partial charge in [0.15, 0.2) is 0 Å². The zero-order valence-electron chi connectivity index (χ0n) is 12.7. The molecular weight excluding hydrogens is 414 g/mol. The fourth-order valence-electron chi connectivity index (χ4n) is 3.09. The molecule has 1 nitrogen and oxygen atoms in total. The average Bonchev–Trinajstić information content (AvgIpc) is 2.82. The number of hydrogen-bond donors (Lipinski definition) is 0. The molecular formula is C20H15Br2N. The number of hydrogen-bond acceptors (Lipinski definition) is 0. The smallest absolute Gasteiger partial charge is 0.0495 e. The van der Waals surface area contributed by atoms with Crippen LogP contribution in [0.1, 0.15) is 11.1 Å². The predicted molar refractivity (Wildman–Crippen MR) is 105 cm³/mol. The van der Waals surface area contributed by atoms with Crippen molar-refractivity contribution < 1.29 is 0 Å². The van der Waals surface area contributed by atoms with Crippen molar-refractivity contribution in [3.63, 3.8) is 0 Å². The number of aryl methyl sites for hydroxylation is 1. The van der Waals surface area contributed by atoms with Gasteiger partial charge in [0.1, 0.15) is 0 Å². The topological polar surface area (TPSA) is 4.93 Å². The quantitative estimate of drug-likeness (QED) is 0.335. The minimum Gasteiger partial charge on any atom is -0.336 e. The van der Waals surface area contributed by atoms with Gasteiger partial charge in [-0.25, -0.2) is 0 Å². The molecule has 4 aromatic rings. The lowest BCUT2D eigenvalue weighted by atomic mass is 10.1. The van der Waals surface area contributed by atoms with Crippen LogP contribution in [0.5, 0.6) is 0 Å². The largest absolute Gasteiger partial charge is 0.336 e. The second-order valence-electron chi connectivity index (χ2n) is 5.89. The summed E-state index contributed by atoms with van der Waals surface area (Å²) in [5.74, 6) is 0. The number of benzene rings is 3. The van der Waals surface area contributed by atoms with Gasteiger partial charge in [-0.3, -0.25) is 0 Å². The summed E-state index contributed by atoms with van der Waals surface area (Å²) in [4.78, 5) is 0. The lowest BCUT2D eigenvalue weighted by molar-refractivity contribution is 0.868. The van der Waals surface area contributed by atoms with Crippen molar-refractivity contribution in [3.05, 3.63) is 80.7 Å². The maximum atomic E-state index is 3.60. The van der Waals surface area contributed by atoms with Crippen LogP contribution >= 0.6 is 31.9 Å². The highest BCUT2D eigenvalue weighted by atomic mass is 79.9. The van der Waals surface area contributed by atoms with E-state index in [-0.39, 0.29) is 0 Å². The van der Waals surface area contributed by atoms with Crippen molar-refractivity contribution in [2.45, 2.75) is 13.5 Å². The van der Waals surface area contributed by atoms with E-state index < -0.39 is 0 Å². The van der Waals surface area contributed by atoms with Crippen LogP contribution in [0.2, 0.25) is 0 Å². The van der Waals surface area contributed by atoms with Crippen molar-refractivity contribution in [2.75, 3.05) is 0 Å². The van der Waals surface area contributed by atoms with E-state index in [1.807, 2.05) is 0 Å². The van der Waals surface area contributed by atoms with Crippen molar-refractivity contribution >= 4 is 53.7 Å².